The van der Waals surface area contributed by atoms with Gasteiger partial charge in [0.2, 0.25) is 0 Å². The van der Waals surface area contributed by atoms with Gasteiger partial charge in [-0.1, -0.05) is 0 Å². The fourth-order valence-electron chi connectivity index (χ4n) is 2.02. The number of hydrogen-bond acceptors (Lipinski definition) is 4. The summed E-state index contributed by atoms with van der Waals surface area (Å²) in [4.78, 5) is 21.5. The molecule has 0 aliphatic heterocycles. The lowest BCUT2D eigenvalue weighted by Crippen LogP contribution is -2.41. The maximum absolute atomic E-state index is 10.7. The normalized spacial score (nSPS) is 37.9. The third kappa shape index (κ3) is 2.19. The van der Waals surface area contributed by atoms with Gasteiger partial charge in [0.25, 0.3) is 0 Å². The molecule has 1 rings (SSSR count). The summed E-state index contributed by atoms with van der Waals surface area (Å²) in [6.07, 6.45) is 2.65. The van der Waals surface area contributed by atoms with E-state index in [0.29, 0.717) is 12.8 Å². The van der Waals surface area contributed by atoms with Crippen LogP contribution in [0.3, 0.4) is 0 Å². The largest absolute Gasteiger partial charge is 0.381 e. The first-order chi connectivity index (χ1) is 6.76. The first-order valence-corrected chi connectivity index (χ1v) is 4.73. The molecule has 4 unspecified atom stereocenters. The SMILES string of the molecule is COC1CC(OC)C(C=O)CC1C=O. The van der Waals surface area contributed by atoms with Crippen LogP contribution in [0.25, 0.3) is 0 Å². The molecular formula is C10H16O4. The van der Waals surface area contributed by atoms with E-state index in [1.54, 1.807) is 14.2 Å². The van der Waals surface area contributed by atoms with Crippen molar-refractivity contribution in [1.82, 2.24) is 0 Å². The summed E-state index contributed by atoms with van der Waals surface area (Å²) >= 11 is 0. The second kappa shape index (κ2) is 5.22. The van der Waals surface area contributed by atoms with Crippen LogP contribution < -0.4 is 0 Å². The molecular weight excluding hydrogens is 184 g/mol. The van der Waals surface area contributed by atoms with Crippen molar-refractivity contribution >= 4 is 12.6 Å². The molecule has 80 valence electrons. The quantitative estimate of drug-likeness (QED) is 0.618. The van der Waals surface area contributed by atoms with Crippen molar-refractivity contribution in [2.45, 2.75) is 25.0 Å². The van der Waals surface area contributed by atoms with Crippen molar-refractivity contribution in [2.75, 3.05) is 14.2 Å². The zero-order chi connectivity index (χ0) is 10.6. The minimum atomic E-state index is -0.179. The van der Waals surface area contributed by atoms with E-state index < -0.39 is 0 Å². The number of carbonyl (C=O) groups excluding carboxylic acids is 2. The molecule has 1 fully saturated rings. The van der Waals surface area contributed by atoms with Gasteiger partial charge in [-0.25, -0.2) is 0 Å². The molecule has 0 heterocycles. The maximum atomic E-state index is 10.7. The monoisotopic (exact) mass is 200 g/mol. The number of aldehydes is 2. The minimum absolute atomic E-state index is 0.117. The van der Waals surface area contributed by atoms with E-state index in [-0.39, 0.29) is 24.0 Å². The van der Waals surface area contributed by atoms with Crippen molar-refractivity contribution in [3.8, 4) is 0 Å². The summed E-state index contributed by atoms with van der Waals surface area (Å²) in [7, 11) is 3.16. The average molecular weight is 200 g/mol. The third-order valence-corrected chi connectivity index (χ3v) is 2.92. The van der Waals surface area contributed by atoms with Crippen LogP contribution in [0.15, 0.2) is 0 Å². The standard InChI is InChI=1S/C10H16O4/c1-13-9-4-10(14-2)8(6-12)3-7(9)5-11/h5-10H,3-4H2,1-2H3. The molecule has 4 nitrogen and oxygen atoms in total. The topological polar surface area (TPSA) is 52.6 Å². The fraction of sp³-hybridized carbons (Fsp3) is 0.800. The highest BCUT2D eigenvalue weighted by atomic mass is 16.5. The molecule has 0 radical (unpaired) electrons. The maximum Gasteiger partial charge on any atom is 0.125 e. The number of ether oxygens (including phenoxy) is 2. The zero-order valence-electron chi connectivity index (χ0n) is 8.51. The van der Waals surface area contributed by atoms with Crippen LogP contribution in [0, 0.1) is 11.8 Å². The Balaban J connectivity index is 2.68. The predicted octanol–water partition coefficient (Wildman–Crippen LogP) is 0.440. The van der Waals surface area contributed by atoms with E-state index >= 15 is 0 Å². The van der Waals surface area contributed by atoms with Gasteiger partial charge < -0.3 is 19.1 Å². The summed E-state index contributed by atoms with van der Waals surface area (Å²) in [5, 5.41) is 0. The summed E-state index contributed by atoms with van der Waals surface area (Å²) in [6.45, 7) is 0. The van der Waals surface area contributed by atoms with Gasteiger partial charge in [0.15, 0.2) is 0 Å². The molecule has 0 aromatic heterocycles. The zero-order valence-corrected chi connectivity index (χ0v) is 8.51. The van der Waals surface area contributed by atoms with Crippen LogP contribution in [-0.2, 0) is 19.1 Å². The van der Waals surface area contributed by atoms with Crippen molar-refractivity contribution < 1.29 is 19.1 Å². The highest BCUT2D eigenvalue weighted by molar-refractivity contribution is 5.60. The van der Waals surface area contributed by atoms with Crippen molar-refractivity contribution in [2.24, 2.45) is 11.8 Å². The Kier molecular flexibility index (Phi) is 4.22. The fourth-order valence-corrected chi connectivity index (χ4v) is 2.02. The van der Waals surface area contributed by atoms with E-state index in [1.165, 1.54) is 0 Å². The highest BCUT2D eigenvalue weighted by Gasteiger charge is 2.37. The Labute approximate surface area is 83.6 Å². The molecule has 1 saturated carbocycles. The number of hydrogen-bond donors (Lipinski definition) is 0. The first kappa shape index (κ1) is 11.3. The molecule has 0 bridgehead atoms. The van der Waals surface area contributed by atoms with Crippen LogP contribution in [0.1, 0.15) is 12.8 Å². The molecule has 1 aliphatic rings. The van der Waals surface area contributed by atoms with Gasteiger partial charge in [0.1, 0.15) is 12.6 Å². The molecule has 0 spiro atoms. The second-order valence-corrected chi connectivity index (χ2v) is 3.62. The van der Waals surface area contributed by atoms with E-state index in [9.17, 15) is 9.59 Å². The number of methoxy groups -OCH3 is 2. The van der Waals surface area contributed by atoms with Gasteiger partial charge in [-0.3, -0.25) is 0 Å². The lowest BCUT2D eigenvalue weighted by molar-refractivity contribution is -0.130. The lowest BCUT2D eigenvalue weighted by atomic mass is 9.78. The van der Waals surface area contributed by atoms with Gasteiger partial charge in [-0.2, -0.15) is 0 Å². The Morgan fingerprint density at radius 1 is 0.929 bits per heavy atom. The van der Waals surface area contributed by atoms with E-state index in [4.69, 9.17) is 9.47 Å². The van der Waals surface area contributed by atoms with Gasteiger partial charge in [-0.15, -0.1) is 0 Å². The second-order valence-electron chi connectivity index (χ2n) is 3.62. The van der Waals surface area contributed by atoms with Gasteiger partial charge in [-0.05, 0) is 6.42 Å². The average Bonchev–Trinajstić information content (AvgIpc) is 2.26. The number of carbonyl (C=O) groups is 2. The molecule has 0 N–H and O–H groups in total. The Morgan fingerprint density at radius 2 is 1.36 bits per heavy atom. The molecule has 0 aromatic carbocycles. The Hall–Kier alpha value is -0.740. The molecule has 0 aromatic rings. The summed E-state index contributed by atoms with van der Waals surface area (Å²) in [6, 6.07) is 0. The number of rotatable bonds is 4. The van der Waals surface area contributed by atoms with Crippen molar-refractivity contribution in [3.05, 3.63) is 0 Å². The lowest BCUT2D eigenvalue weighted by Gasteiger charge is -2.35. The van der Waals surface area contributed by atoms with Crippen molar-refractivity contribution in [3.63, 3.8) is 0 Å². The van der Waals surface area contributed by atoms with E-state index in [0.717, 1.165) is 12.6 Å². The Morgan fingerprint density at radius 3 is 1.64 bits per heavy atom. The van der Waals surface area contributed by atoms with Crippen LogP contribution in [0.5, 0.6) is 0 Å². The summed E-state index contributed by atoms with van der Waals surface area (Å²) in [5.41, 5.74) is 0. The predicted molar refractivity (Wildman–Crippen MR) is 49.9 cm³/mol. The van der Waals surface area contributed by atoms with Crippen LogP contribution in [-0.4, -0.2) is 39.0 Å². The summed E-state index contributed by atoms with van der Waals surface area (Å²) < 4.78 is 10.4. The third-order valence-electron chi connectivity index (χ3n) is 2.92. The van der Waals surface area contributed by atoms with Crippen molar-refractivity contribution in [1.29, 1.82) is 0 Å². The van der Waals surface area contributed by atoms with Crippen LogP contribution in [0.2, 0.25) is 0 Å². The van der Waals surface area contributed by atoms with E-state index in [2.05, 4.69) is 0 Å². The first-order valence-electron chi connectivity index (χ1n) is 4.73. The van der Waals surface area contributed by atoms with Gasteiger partial charge in [0.05, 0.1) is 12.2 Å². The molecule has 0 saturated heterocycles. The molecule has 14 heavy (non-hydrogen) atoms. The van der Waals surface area contributed by atoms with Crippen LogP contribution >= 0.6 is 0 Å². The molecule has 1 aliphatic carbocycles. The minimum Gasteiger partial charge on any atom is -0.381 e. The summed E-state index contributed by atoms with van der Waals surface area (Å²) in [5.74, 6) is -0.358. The Bertz CT molecular complexity index is 184. The van der Waals surface area contributed by atoms with Gasteiger partial charge in [0, 0.05) is 32.5 Å². The smallest absolute Gasteiger partial charge is 0.125 e. The molecule has 0 amide bonds. The molecule has 4 atom stereocenters. The van der Waals surface area contributed by atoms with Crippen LogP contribution in [0.4, 0.5) is 0 Å². The molecule has 4 heteroatoms. The highest BCUT2D eigenvalue weighted by Crippen LogP contribution is 2.30. The van der Waals surface area contributed by atoms with E-state index in [1.807, 2.05) is 0 Å². The van der Waals surface area contributed by atoms with Gasteiger partial charge >= 0.3 is 0 Å².